The van der Waals surface area contributed by atoms with Crippen LogP contribution < -0.4 is 9.47 Å². The predicted octanol–water partition coefficient (Wildman–Crippen LogP) is 5.38. The molecule has 182 valence electrons. The molecule has 0 spiro atoms. The summed E-state index contributed by atoms with van der Waals surface area (Å²) >= 11 is 0. The van der Waals surface area contributed by atoms with E-state index in [9.17, 15) is 4.79 Å². The smallest absolute Gasteiger partial charge is 0.410 e. The molecule has 8 heteroatoms. The highest BCUT2D eigenvalue weighted by molar-refractivity contribution is 5.78. The van der Waals surface area contributed by atoms with Gasteiger partial charge in [0.15, 0.2) is 11.5 Å². The van der Waals surface area contributed by atoms with Crippen LogP contribution in [0, 0.1) is 0 Å². The van der Waals surface area contributed by atoms with E-state index in [0.717, 1.165) is 52.6 Å². The first-order valence-electron chi connectivity index (χ1n) is 12.1. The monoisotopic (exact) mass is 482 g/mol. The maximum Gasteiger partial charge on any atom is 0.410 e. The first-order valence-corrected chi connectivity index (χ1v) is 12.1. The number of likely N-dealkylation sites (tertiary alicyclic amines) is 1. The molecule has 1 N–H and O–H groups in total. The molecule has 2 aliphatic rings. The number of fused-ring (bicyclic) bond motifs is 1. The Morgan fingerprint density at radius 3 is 2.61 bits per heavy atom. The molecule has 0 saturated carbocycles. The molecule has 0 unspecified atom stereocenters. The molecular weight excluding hydrogens is 456 g/mol. The number of aromatic amines is 1. The summed E-state index contributed by atoms with van der Waals surface area (Å²) in [7, 11) is 0. The van der Waals surface area contributed by atoms with E-state index in [1.807, 2.05) is 66.7 Å². The van der Waals surface area contributed by atoms with Gasteiger partial charge in [0.2, 0.25) is 6.79 Å². The Hall–Kier alpha value is -4.33. The van der Waals surface area contributed by atoms with Crippen molar-refractivity contribution in [2.24, 2.45) is 0 Å². The third-order valence-corrected chi connectivity index (χ3v) is 6.63. The largest absolute Gasteiger partial charge is 0.454 e. The molecule has 0 bridgehead atoms. The number of hydrogen-bond acceptors (Lipinski definition) is 6. The van der Waals surface area contributed by atoms with Crippen molar-refractivity contribution >= 4 is 6.09 Å². The number of piperidine rings is 1. The average molecular weight is 483 g/mol. The lowest BCUT2D eigenvalue weighted by Crippen LogP contribution is -2.38. The Kier molecular flexibility index (Phi) is 5.99. The summed E-state index contributed by atoms with van der Waals surface area (Å²) < 4.78 is 16.6. The van der Waals surface area contributed by atoms with E-state index in [1.54, 1.807) is 11.1 Å². The Morgan fingerprint density at radius 1 is 1.00 bits per heavy atom. The topological polar surface area (TPSA) is 89.6 Å². The maximum absolute atomic E-state index is 12.6. The number of rotatable bonds is 5. The zero-order chi connectivity index (χ0) is 24.3. The van der Waals surface area contributed by atoms with Gasteiger partial charge in [0, 0.05) is 30.8 Å². The Balaban J connectivity index is 1.19. The van der Waals surface area contributed by atoms with Crippen LogP contribution in [-0.4, -0.2) is 45.8 Å². The van der Waals surface area contributed by atoms with E-state index < -0.39 is 0 Å². The second-order valence-corrected chi connectivity index (χ2v) is 8.93. The molecule has 8 nitrogen and oxygen atoms in total. The number of carbonyl (C=O) groups is 1. The molecule has 36 heavy (non-hydrogen) atoms. The zero-order valence-electron chi connectivity index (χ0n) is 19.7. The molecule has 1 saturated heterocycles. The van der Waals surface area contributed by atoms with E-state index in [1.165, 1.54) is 0 Å². The number of imidazole rings is 1. The van der Waals surface area contributed by atoms with Crippen LogP contribution in [0.4, 0.5) is 4.79 Å². The molecular formula is C28H26N4O4. The van der Waals surface area contributed by atoms with E-state index in [4.69, 9.17) is 19.2 Å². The minimum atomic E-state index is -0.271. The summed E-state index contributed by atoms with van der Waals surface area (Å²) in [5.74, 6) is 2.56. The molecule has 6 rings (SSSR count). The Morgan fingerprint density at radius 2 is 1.81 bits per heavy atom. The molecule has 0 aliphatic carbocycles. The summed E-state index contributed by atoms with van der Waals surface area (Å²) in [4.78, 5) is 27.5. The van der Waals surface area contributed by atoms with Crippen LogP contribution in [0.1, 0.15) is 30.1 Å². The number of aromatic nitrogens is 3. The van der Waals surface area contributed by atoms with Gasteiger partial charge < -0.3 is 24.1 Å². The molecule has 2 aromatic heterocycles. The van der Waals surface area contributed by atoms with Gasteiger partial charge in [0.25, 0.3) is 0 Å². The lowest BCUT2D eigenvalue weighted by molar-refractivity contribution is 0.0866. The van der Waals surface area contributed by atoms with Crippen molar-refractivity contribution in [2.75, 3.05) is 19.9 Å². The molecule has 2 aliphatic heterocycles. The number of hydrogen-bond donors (Lipinski definition) is 1. The number of ether oxygens (including phenoxy) is 3. The van der Waals surface area contributed by atoms with Crippen molar-refractivity contribution in [1.29, 1.82) is 0 Å². The third kappa shape index (κ3) is 4.49. The molecule has 1 amide bonds. The summed E-state index contributed by atoms with van der Waals surface area (Å²) in [5.41, 5.74) is 4.44. The van der Waals surface area contributed by atoms with Gasteiger partial charge in [-0.1, -0.05) is 36.4 Å². The van der Waals surface area contributed by atoms with Crippen molar-refractivity contribution in [3.8, 4) is 34.1 Å². The van der Waals surface area contributed by atoms with Crippen LogP contribution in [-0.2, 0) is 11.3 Å². The van der Waals surface area contributed by atoms with Gasteiger partial charge in [-0.05, 0) is 48.7 Å². The van der Waals surface area contributed by atoms with Crippen molar-refractivity contribution in [3.05, 3.63) is 84.3 Å². The molecule has 0 radical (unpaired) electrons. The van der Waals surface area contributed by atoms with E-state index in [2.05, 4.69) is 9.97 Å². The summed E-state index contributed by atoms with van der Waals surface area (Å²) in [6, 6.07) is 21.4. The van der Waals surface area contributed by atoms with Crippen LogP contribution in [0.15, 0.2) is 72.9 Å². The average Bonchev–Trinajstić information content (AvgIpc) is 3.60. The fourth-order valence-corrected chi connectivity index (χ4v) is 4.68. The number of benzene rings is 2. The number of H-pyrrole nitrogens is 1. The van der Waals surface area contributed by atoms with Crippen molar-refractivity contribution in [1.82, 2.24) is 19.9 Å². The molecule has 1 fully saturated rings. The SMILES string of the molecule is O=C(OCc1ccccc1)N1CCC(c2nc(-c3ccc4c(c3)OCO4)c(-c3ccccn3)[nH]2)CC1. The number of nitrogens with zero attached hydrogens (tertiary/aromatic N) is 3. The lowest BCUT2D eigenvalue weighted by Gasteiger charge is -2.30. The number of carbonyl (C=O) groups excluding carboxylic acids is 1. The highest BCUT2D eigenvalue weighted by Crippen LogP contribution is 2.39. The summed E-state index contributed by atoms with van der Waals surface area (Å²) in [6.07, 6.45) is 3.11. The first-order chi connectivity index (χ1) is 17.7. The minimum Gasteiger partial charge on any atom is -0.454 e. The quantitative estimate of drug-likeness (QED) is 0.411. The molecule has 2 aromatic carbocycles. The van der Waals surface area contributed by atoms with Gasteiger partial charge >= 0.3 is 6.09 Å². The molecule has 4 aromatic rings. The van der Waals surface area contributed by atoms with Crippen molar-refractivity contribution in [3.63, 3.8) is 0 Å². The fraction of sp³-hybridized carbons (Fsp3) is 0.250. The van der Waals surface area contributed by atoms with Crippen LogP contribution in [0.25, 0.3) is 22.6 Å². The molecule has 0 atom stereocenters. The van der Waals surface area contributed by atoms with Crippen molar-refractivity contribution in [2.45, 2.75) is 25.4 Å². The number of amides is 1. The van der Waals surface area contributed by atoms with Crippen LogP contribution in [0.2, 0.25) is 0 Å². The lowest BCUT2D eigenvalue weighted by atomic mass is 9.96. The molecule has 4 heterocycles. The predicted molar refractivity (Wildman–Crippen MR) is 134 cm³/mol. The normalized spacial score (nSPS) is 15.2. The standard InChI is InChI=1S/C28H26N4O4/c33-28(34-17-19-6-2-1-3-7-19)32-14-11-20(12-15-32)27-30-25(26(31-27)22-8-4-5-13-29-22)21-9-10-23-24(16-21)36-18-35-23/h1-10,13,16,20H,11-12,14-15,17-18H2,(H,30,31). The third-order valence-electron chi connectivity index (χ3n) is 6.63. The zero-order valence-corrected chi connectivity index (χ0v) is 19.7. The van der Waals surface area contributed by atoms with Crippen LogP contribution >= 0.6 is 0 Å². The Labute approximate surface area is 208 Å². The number of nitrogens with one attached hydrogen (secondary N) is 1. The van der Waals surface area contributed by atoms with Gasteiger partial charge in [0.05, 0.1) is 17.1 Å². The van der Waals surface area contributed by atoms with E-state index >= 15 is 0 Å². The van der Waals surface area contributed by atoms with E-state index in [-0.39, 0.29) is 25.4 Å². The van der Waals surface area contributed by atoms with Gasteiger partial charge in [0.1, 0.15) is 12.4 Å². The second kappa shape index (κ2) is 9.73. The highest BCUT2D eigenvalue weighted by Gasteiger charge is 2.28. The van der Waals surface area contributed by atoms with Crippen LogP contribution in [0.3, 0.4) is 0 Å². The van der Waals surface area contributed by atoms with Gasteiger partial charge in [-0.25, -0.2) is 9.78 Å². The second-order valence-electron chi connectivity index (χ2n) is 8.93. The van der Waals surface area contributed by atoms with Gasteiger partial charge in [-0.2, -0.15) is 0 Å². The van der Waals surface area contributed by atoms with E-state index in [0.29, 0.717) is 18.8 Å². The van der Waals surface area contributed by atoms with Crippen molar-refractivity contribution < 1.29 is 19.0 Å². The minimum absolute atomic E-state index is 0.202. The van der Waals surface area contributed by atoms with Gasteiger partial charge in [-0.3, -0.25) is 4.98 Å². The van der Waals surface area contributed by atoms with Crippen LogP contribution in [0.5, 0.6) is 11.5 Å². The summed E-state index contributed by atoms with van der Waals surface area (Å²) in [5, 5.41) is 0. The fourth-order valence-electron chi connectivity index (χ4n) is 4.68. The van der Waals surface area contributed by atoms with Gasteiger partial charge in [-0.15, -0.1) is 0 Å². The summed E-state index contributed by atoms with van der Waals surface area (Å²) in [6.45, 7) is 1.75. The Bertz CT molecular complexity index is 1350. The highest BCUT2D eigenvalue weighted by atomic mass is 16.7. The first kappa shape index (κ1) is 22.2. The number of pyridine rings is 1. The maximum atomic E-state index is 12.6.